The number of para-hydroxylation sites is 1. The molecule has 1 aliphatic carbocycles. The van der Waals surface area contributed by atoms with Crippen molar-refractivity contribution < 1.29 is 28.1 Å². The number of fused-ring (bicyclic) bond motifs is 1. The van der Waals surface area contributed by atoms with Crippen LogP contribution in [0.5, 0.6) is 0 Å². The molecule has 3 aromatic heterocycles. The summed E-state index contributed by atoms with van der Waals surface area (Å²) in [6, 6.07) is 13.7. The number of carboxylic acid groups (broad SMARTS) is 1. The van der Waals surface area contributed by atoms with E-state index in [9.17, 15) is 14.0 Å². The number of hydrogen-bond donors (Lipinski definition) is 3. The largest absolute Gasteiger partial charge is 0.476 e. The summed E-state index contributed by atoms with van der Waals surface area (Å²) in [6.07, 6.45) is 1.31. The minimum Gasteiger partial charge on any atom is -0.476 e. The van der Waals surface area contributed by atoms with E-state index >= 15 is 0 Å². The molecule has 3 heterocycles. The van der Waals surface area contributed by atoms with Crippen molar-refractivity contribution in [2.75, 3.05) is 0 Å². The molecule has 2 aromatic carbocycles. The Hall–Kier alpha value is -4.55. The summed E-state index contributed by atoms with van der Waals surface area (Å²) in [5.74, 6) is -0.557. The van der Waals surface area contributed by atoms with Gasteiger partial charge in [-0.3, -0.25) is 4.79 Å². The topological polar surface area (TPSA) is 162 Å². The molecule has 13 heteroatoms. The molecule has 1 aliphatic rings. The molecule has 0 radical (unpaired) electrons. The van der Waals surface area contributed by atoms with Gasteiger partial charge >= 0.3 is 5.97 Å². The van der Waals surface area contributed by atoms with Crippen molar-refractivity contribution in [3.8, 4) is 17.2 Å². The van der Waals surface area contributed by atoms with Crippen molar-refractivity contribution in [1.82, 2.24) is 25.2 Å². The molecule has 5 aromatic rings. The van der Waals surface area contributed by atoms with E-state index in [1.165, 1.54) is 12.1 Å². The molecule has 0 unspecified atom stereocenters. The van der Waals surface area contributed by atoms with Crippen LogP contribution in [0.15, 0.2) is 57.6 Å². The second-order valence-electron chi connectivity index (χ2n) is 9.39. The average molecular weight is 567 g/mol. The molecule has 1 fully saturated rings. The number of nitrogens with zero attached hydrogens (tertiary/aromatic N) is 4. The number of amides is 1. The molecular weight excluding hydrogens is 543 g/mol. The first-order valence-electron chi connectivity index (χ1n) is 12.2. The molecular formula is C27H24ClFN6O5. The van der Waals surface area contributed by atoms with Crippen molar-refractivity contribution in [3.63, 3.8) is 0 Å². The number of rotatable bonds is 6. The van der Waals surface area contributed by atoms with Crippen LogP contribution in [-0.2, 0) is 11.3 Å². The van der Waals surface area contributed by atoms with Gasteiger partial charge in [0.15, 0.2) is 5.69 Å². The summed E-state index contributed by atoms with van der Waals surface area (Å²) >= 11 is 6.66. The van der Waals surface area contributed by atoms with Crippen LogP contribution in [-0.4, -0.2) is 42.4 Å². The number of benzene rings is 2. The van der Waals surface area contributed by atoms with Crippen molar-refractivity contribution in [2.45, 2.75) is 38.8 Å². The van der Waals surface area contributed by atoms with Gasteiger partial charge in [-0.2, -0.15) is 4.98 Å². The minimum absolute atomic E-state index is 0.0486. The highest BCUT2D eigenvalue weighted by Crippen LogP contribution is 2.39. The van der Waals surface area contributed by atoms with Gasteiger partial charge < -0.3 is 29.8 Å². The summed E-state index contributed by atoms with van der Waals surface area (Å²) in [5, 5.41) is 19.5. The molecule has 1 saturated carbocycles. The number of aromatic carboxylic acids is 1. The maximum absolute atomic E-state index is 15.0. The van der Waals surface area contributed by atoms with Crippen LogP contribution in [0, 0.1) is 19.7 Å². The highest BCUT2D eigenvalue weighted by molar-refractivity contribution is 6.38. The van der Waals surface area contributed by atoms with Gasteiger partial charge in [-0.05, 0) is 38.0 Å². The van der Waals surface area contributed by atoms with Gasteiger partial charge in [-0.1, -0.05) is 46.2 Å². The monoisotopic (exact) mass is 566 g/mol. The van der Waals surface area contributed by atoms with E-state index in [4.69, 9.17) is 27.0 Å². The zero-order chi connectivity index (χ0) is 28.6. The Morgan fingerprint density at radius 1 is 1.15 bits per heavy atom. The molecule has 40 heavy (non-hydrogen) atoms. The number of hydrogen-bond acceptors (Lipinski definition) is 8. The third-order valence-corrected chi connectivity index (χ3v) is 6.76. The van der Waals surface area contributed by atoms with E-state index in [2.05, 4.69) is 25.1 Å². The van der Waals surface area contributed by atoms with Gasteiger partial charge in [0.2, 0.25) is 17.6 Å². The zero-order valence-corrected chi connectivity index (χ0v) is 22.2. The van der Waals surface area contributed by atoms with Crippen molar-refractivity contribution in [2.24, 2.45) is 5.73 Å². The predicted octanol–water partition coefficient (Wildman–Crippen LogP) is 4.57. The maximum atomic E-state index is 15.0. The smallest absolute Gasteiger partial charge is 0.358 e. The summed E-state index contributed by atoms with van der Waals surface area (Å²) in [6.45, 7) is 3.39. The number of nitrogens with two attached hydrogens (primary N) is 1. The Morgan fingerprint density at radius 3 is 2.48 bits per heavy atom. The third kappa shape index (κ3) is 5.31. The Labute approximate surface area is 231 Å². The van der Waals surface area contributed by atoms with Crippen LogP contribution in [0.25, 0.3) is 28.1 Å². The maximum Gasteiger partial charge on any atom is 0.358 e. The molecule has 6 rings (SSSR count). The lowest BCUT2D eigenvalue weighted by Crippen LogP contribution is -2.42. The van der Waals surface area contributed by atoms with E-state index in [-0.39, 0.29) is 18.1 Å². The molecule has 4 N–H and O–H groups in total. The fraction of sp³-hybridized carbons (Fsp3) is 0.222. The number of carbonyl (C=O) groups is 2. The lowest BCUT2D eigenvalue weighted by atomic mass is 10.1. The zero-order valence-electron chi connectivity index (χ0n) is 21.4. The minimum atomic E-state index is -1.06. The highest BCUT2D eigenvalue weighted by atomic mass is 35.5. The number of nitrogens with one attached hydrogen (secondary N) is 1. The quantitative estimate of drug-likeness (QED) is 0.267. The van der Waals surface area contributed by atoms with Gasteiger partial charge in [0.25, 0.3) is 0 Å². The van der Waals surface area contributed by atoms with Gasteiger partial charge in [-0.25, -0.2) is 9.18 Å². The number of aromatic nitrogens is 4. The van der Waals surface area contributed by atoms with Crippen molar-refractivity contribution in [3.05, 3.63) is 82.3 Å². The van der Waals surface area contributed by atoms with Gasteiger partial charge in [0.05, 0.1) is 16.1 Å². The first-order valence-corrected chi connectivity index (χ1v) is 12.6. The second-order valence-corrected chi connectivity index (χ2v) is 9.77. The van der Waals surface area contributed by atoms with Crippen LogP contribution in [0.1, 0.15) is 40.5 Å². The molecule has 0 atom stereocenters. The van der Waals surface area contributed by atoms with Crippen molar-refractivity contribution >= 4 is 34.4 Å². The van der Waals surface area contributed by atoms with Gasteiger partial charge in [0, 0.05) is 36.2 Å². The molecule has 206 valence electrons. The SMILES string of the molecule is Cc1cc(C(=O)O)no1.Cc1nc(-c2c(Cl)c3ccccc3n2-c2ccc(CNC(=O)C3(N)CC3)c(F)c2)no1. The Bertz CT molecular complexity index is 1740. The molecule has 1 amide bonds. The number of halogens is 2. The normalized spacial score (nSPS) is 13.5. The highest BCUT2D eigenvalue weighted by Gasteiger charge is 2.45. The van der Waals surface area contributed by atoms with E-state index in [0.717, 1.165) is 10.9 Å². The summed E-state index contributed by atoms with van der Waals surface area (Å²) in [7, 11) is 0. The van der Waals surface area contributed by atoms with Crippen LogP contribution >= 0.6 is 11.6 Å². The molecule has 0 aliphatic heterocycles. The fourth-order valence-corrected chi connectivity index (χ4v) is 4.39. The third-order valence-electron chi connectivity index (χ3n) is 6.37. The Balaban J connectivity index is 0.000000306. The van der Waals surface area contributed by atoms with Gasteiger partial charge in [0.1, 0.15) is 17.3 Å². The number of aryl methyl sites for hydroxylation is 2. The Kier molecular flexibility index (Phi) is 7.13. The lowest BCUT2D eigenvalue weighted by Gasteiger charge is -2.13. The molecule has 11 nitrogen and oxygen atoms in total. The van der Waals surface area contributed by atoms with E-state index < -0.39 is 17.3 Å². The number of carbonyl (C=O) groups excluding carboxylic acids is 1. The van der Waals surface area contributed by atoms with Crippen LogP contribution in [0.4, 0.5) is 4.39 Å². The Morgan fingerprint density at radius 2 is 1.90 bits per heavy atom. The first kappa shape index (κ1) is 27.0. The fourth-order valence-electron chi connectivity index (χ4n) is 4.06. The summed E-state index contributed by atoms with van der Waals surface area (Å²) < 4.78 is 26.4. The van der Waals surface area contributed by atoms with E-state index in [1.807, 2.05) is 24.3 Å². The van der Waals surface area contributed by atoms with Crippen LogP contribution < -0.4 is 11.1 Å². The predicted molar refractivity (Wildman–Crippen MR) is 142 cm³/mol. The summed E-state index contributed by atoms with van der Waals surface area (Å²) in [4.78, 5) is 26.4. The summed E-state index contributed by atoms with van der Waals surface area (Å²) in [5.41, 5.74) is 7.24. The van der Waals surface area contributed by atoms with Crippen molar-refractivity contribution in [1.29, 1.82) is 0 Å². The first-order chi connectivity index (χ1) is 19.1. The van der Waals surface area contributed by atoms with E-state index in [0.29, 0.717) is 52.3 Å². The second kappa shape index (κ2) is 10.5. The van der Waals surface area contributed by atoms with E-state index in [1.54, 1.807) is 30.5 Å². The van der Waals surface area contributed by atoms with Crippen LogP contribution in [0.3, 0.4) is 0 Å². The van der Waals surface area contributed by atoms with Gasteiger partial charge in [-0.15, -0.1) is 0 Å². The van der Waals surface area contributed by atoms with Crippen LogP contribution in [0.2, 0.25) is 5.02 Å². The molecule has 0 spiro atoms. The number of carboxylic acids is 1. The molecule has 0 bridgehead atoms. The lowest BCUT2D eigenvalue weighted by molar-refractivity contribution is -0.123. The average Bonchev–Trinajstić information content (AvgIpc) is 3.22. The standard InChI is InChI=1S/C22H19ClFN5O2.C5H5NO3/c1-12-27-20(28-31-12)19-18(23)15-4-2-3-5-17(15)29(19)14-7-6-13(16(24)10-14)11-26-21(30)22(25)8-9-22;1-3-2-4(5(7)8)6-9-3/h2-7,10H,8-9,11,25H2,1H3,(H,26,30);2H,1H3,(H,7,8). The molecule has 0 saturated heterocycles.